The van der Waals surface area contributed by atoms with E-state index in [4.69, 9.17) is 0 Å². The molecule has 0 unspecified atom stereocenters. The minimum absolute atomic E-state index is 0.0648. The lowest BCUT2D eigenvalue weighted by Crippen LogP contribution is -2.47. The van der Waals surface area contributed by atoms with Gasteiger partial charge < -0.3 is 0 Å². The lowest BCUT2D eigenvalue weighted by Gasteiger charge is -2.20. The molecule has 1 fully saturated rings. The van der Waals surface area contributed by atoms with E-state index >= 15 is 0 Å². The third kappa shape index (κ3) is 4.29. The number of halogens is 6. The highest BCUT2D eigenvalue weighted by Crippen LogP contribution is 2.49. The molecule has 1 aliphatic rings. The molecule has 5 rings (SSSR count). The van der Waals surface area contributed by atoms with E-state index < -0.39 is 38.4 Å². The van der Waals surface area contributed by atoms with Crippen LogP contribution in [0, 0.1) is 11.3 Å². The summed E-state index contributed by atoms with van der Waals surface area (Å²) in [6.07, 6.45) is -9.54. The summed E-state index contributed by atoms with van der Waals surface area (Å²) < 4.78 is 109. The van der Waals surface area contributed by atoms with Gasteiger partial charge in [-0.05, 0) is 43.2 Å². The number of benzene rings is 2. The Kier molecular flexibility index (Phi) is 5.81. The summed E-state index contributed by atoms with van der Waals surface area (Å²) in [5.41, 5.74) is -2.76. The van der Waals surface area contributed by atoms with Gasteiger partial charge in [0.05, 0.1) is 21.7 Å². The van der Waals surface area contributed by atoms with Gasteiger partial charge in [0.25, 0.3) is 0 Å². The van der Waals surface area contributed by atoms with Gasteiger partial charge in [0.1, 0.15) is 17.3 Å². The minimum Gasteiger partial charge on any atom is -0.293 e. The fourth-order valence-corrected chi connectivity index (χ4v) is 5.66. The van der Waals surface area contributed by atoms with Crippen LogP contribution in [0.25, 0.3) is 28.0 Å². The van der Waals surface area contributed by atoms with E-state index in [1.807, 2.05) is 6.07 Å². The normalized spacial score (nSPS) is 15.4. The van der Waals surface area contributed by atoms with E-state index in [0.717, 1.165) is 18.2 Å². The van der Waals surface area contributed by atoms with Crippen LogP contribution >= 0.6 is 0 Å². The topological polar surface area (TPSA) is 87.8 Å². The van der Waals surface area contributed by atoms with Crippen molar-refractivity contribution < 1.29 is 34.8 Å². The number of pyridine rings is 1. The maximum absolute atomic E-state index is 13.4. The van der Waals surface area contributed by atoms with Crippen molar-refractivity contribution in [2.24, 2.45) is 0 Å². The number of nitrogens with zero attached hydrogens (tertiary/aromatic N) is 3. The third-order valence-corrected chi connectivity index (χ3v) is 7.87. The molecule has 0 spiro atoms. The van der Waals surface area contributed by atoms with Crippen molar-refractivity contribution in [2.45, 2.75) is 35.6 Å². The predicted molar refractivity (Wildman–Crippen MR) is 125 cm³/mol. The van der Waals surface area contributed by atoms with Crippen molar-refractivity contribution in [2.75, 3.05) is 0 Å². The highest BCUT2D eigenvalue weighted by atomic mass is 32.2. The van der Waals surface area contributed by atoms with Crippen LogP contribution in [0.3, 0.4) is 0 Å². The second kappa shape index (κ2) is 8.57. The number of nitrogens with one attached hydrogen (secondary N) is 1. The van der Waals surface area contributed by atoms with Crippen molar-refractivity contribution in [1.29, 1.82) is 5.26 Å². The average Bonchev–Trinajstić information content (AvgIpc) is 3.57. The monoisotopic (exact) mass is 550 g/mol. The number of nitriles is 1. The van der Waals surface area contributed by atoms with Gasteiger partial charge in [0.2, 0.25) is 10.0 Å². The van der Waals surface area contributed by atoms with Crippen molar-refractivity contribution in [3.8, 4) is 23.0 Å². The molecular formula is C25H16F6N4O2S. The fraction of sp³-hybridized carbons (Fsp3) is 0.200. The molecule has 0 saturated heterocycles. The van der Waals surface area contributed by atoms with E-state index in [1.54, 1.807) is 35.1 Å². The Labute approximate surface area is 212 Å². The van der Waals surface area contributed by atoms with E-state index in [9.17, 15) is 40.0 Å². The van der Waals surface area contributed by atoms with Crippen molar-refractivity contribution >= 4 is 21.1 Å². The highest BCUT2D eigenvalue weighted by molar-refractivity contribution is 7.89. The molecule has 4 aromatic rings. The summed E-state index contributed by atoms with van der Waals surface area (Å²) in [5.74, 6) is 0. The van der Waals surface area contributed by atoms with Crippen LogP contribution in [-0.4, -0.2) is 29.7 Å². The number of sulfonamides is 1. The van der Waals surface area contributed by atoms with Gasteiger partial charge in [-0.25, -0.2) is 13.4 Å². The maximum Gasteiger partial charge on any atom is 0.417 e. The smallest absolute Gasteiger partial charge is 0.293 e. The van der Waals surface area contributed by atoms with Crippen LogP contribution in [0.4, 0.5) is 26.3 Å². The molecule has 0 radical (unpaired) electrons. The Morgan fingerprint density at radius 2 is 1.61 bits per heavy atom. The molecule has 196 valence electrons. The molecule has 0 atom stereocenters. The zero-order valence-corrected chi connectivity index (χ0v) is 19.9. The van der Waals surface area contributed by atoms with Crippen molar-refractivity contribution in [3.05, 3.63) is 78.0 Å². The lowest BCUT2D eigenvalue weighted by atomic mass is 10.1. The maximum atomic E-state index is 13.4. The molecule has 0 bridgehead atoms. The molecule has 6 nitrogen and oxygen atoms in total. The van der Waals surface area contributed by atoms with Crippen LogP contribution in [0.15, 0.2) is 71.8 Å². The van der Waals surface area contributed by atoms with Gasteiger partial charge >= 0.3 is 12.4 Å². The Hall–Kier alpha value is -3.89. The molecule has 1 saturated carbocycles. The van der Waals surface area contributed by atoms with Gasteiger partial charge in [-0.15, -0.1) is 0 Å². The minimum atomic E-state index is -4.75. The SMILES string of the molecule is N#Cc1c(-c2ccc(S(=O)(=O)NC3(C(F)(F)F)CC3)cc2)n(-c2ccccc2)c2ncc(C(F)(F)F)cc12. The molecule has 38 heavy (non-hydrogen) atoms. The van der Waals surface area contributed by atoms with Crippen LogP contribution in [0.1, 0.15) is 24.0 Å². The number of para-hydroxylation sites is 1. The van der Waals surface area contributed by atoms with Crippen LogP contribution in [-0.2, 0) is 16.2 Å². The van der Waals surface area contributed by atoms with Gasteiger partial charge in [-0.1, -0.05) is 30.3 Å². The van der Waals surface area contributed by atoms with E-state index in [-0.39, 0.29) is 40.7 Å². The largest absolute Gasteiger partial charge is 0.417 e. The first-order chi connectivity index (χ1) is 17.8. The van der Waals surface area contributed by atoms with E-state index in [2.05, 4.69) is 4.98 Å². The van der Waals surface area contributed by atoms with Gasteiger partial charge in [0.15, 0.2) is 0 Å². The summed E-state index contributed by atoms with van der Waals surface area (Å²) in [6, 6.07) is 15.8. The Morgan fingerprint density at radius 3 is 2.13 bits per heavy atom. The molecule has 13 heteroatoms. The zero-order valence-electron chi connectivity index (χ0n) is 19.1. The molecular weight excluding hydrogens is 534 g/mol. The van der Waals surface area contributed by atoms with Crippen molar-refractivity contribution in [3.63, 3.8) is 0 Å². The molecule has 1 aliphatic carbocycles. The first-order valence-corrected chi connectivity index (χ1v) is 12.5. The summed E-state index contributed by atoms with van der Waals surface area (Å²) >= 11 is 0. The first-order valence-electron chi connectivity index (χ1n) is 11.1. The molecule has 2 aromatic carbocycles. The van der Waals surface area contributed by atoms with Crippen LogP contribution in [0.2, 0.25) is 0 Å². The molecule has 2 aromatic heterocycles. The highest BCUT2D eigenvalue weighted by Gasteiger charge is 2.65. The number of fused-ring (bicyclic) bond motifs is 1. The second-order valence-electron chi connectivity index (χ2n) is 8.81. The Morgan fingerprint density at radius 1 is 0.974 bits per heavy atom. The predicted octanol–water partition coefficient (Wildman–Crippen LogP) is 5.96. The van der Waals surface area contributed by atoms with Crippen LogP contribution < -0.4 is 4.72 Å². The summed E-state index contributed by atoms with van der Waals surface area (Å²) in [5, 5.41) is 9.87. The molecule has 1 N–H and O–H groups in total. The van der Waals surface area contributed by atoms with E-state index in [0.29, 0.717) is 11.9 Å². The Balaban J connectivity index is 1.66. The first kappa shape index (κ1) is 25.7. The standard InChI is InChI=1S/C25H16F6N4O2S/c26-24(27,28)16-12-19-20(13-32)21(35(22(19)33-14-16)17-4-2-1-3-5-17)15-6-8-18(9-7-15)38(36,37)34-23(10-11-23)25(29,30)31/h1-9,12,14,34H,10-11H2. The number of alkyl halides is 6. The fourth-order valence-electron chi connectivity index (χ4n) is 4.21. The summed E-state index contributed by atoms with van der Waals surface area (Å²) in [6.45, 7) is 0. The molecule has 0 aliphatic heterocycles. The summed E-state index contributed by atoms with van der Waals surface area (Å²) in [4.78, 5) is 3.55. The van der Waals surface area contributed by atoms with Gasteiger partial charge in [-0.3, -0.25) is 4.57 Å². The number of hydrogen-bond acceptors (Lipinski definition) is 4. The molecule has 2 heterocycles. The number of hydrogen-bond donors (Lipinski definition) is 1. The lowest BCUT2D eigenvalue weighted by molar-refractivity contribution is -0.160. The van der Waals surface area contributed by atoms with Gasteiger partial charge in [-0.2, -0.15) is 36.3 Å². The summed E-state index contributed by atoms with van der Waals surface area (Å²) in [7, 11) is -4.54. The quantitative estimate of drug-likeness (QED) is 0.311. The Bertz CT molecular complexity index is 1680. The second-order valence-corrected chi connectivity index (χ2v) is 10.5. The van der Waals surface area contributed by atoms with E-state index in [1.165, 1.54) is 16.7 Å². The average molecular weight is 550 g/mol. The van der Waals surface area contributed by atoms with Crippen LogP contribution in [0.5, 0.6) is 0 Å². The third-order valence-electron chi connectivity index (χ3n) is 6.32. The van der Waals surface area contributed by atoms with Crippen molar-refractivity contribution in [1.82, 2.24) is 14.3 Å². The molecule has 0 amide bonds. The zero-order chi connectivity index (χ0) is 27.5. The number of aromatic nitrogens is 2. The number of rotatable bonds is 5. The van der Waals surface area contributed by atoms with Gasteiger partial charge in [0, 0.05) is 22.8 Å².